The number of aryl methyl sites for hydroxylation is 1. The number of carbonyl (C=O) groups excluding carboxylic acids is 1. The minimum atomic E-state index is -0.792. The predicted octanol–water partition coefficient (Wildman–Crippen LogP) is 0.414. The highest BCUT2D eigenvalue weighted by molar-refractivity contribution is 5.86. The van der Waals surface area contributed by atoms with E-state index in [2.05, 4.69) is 28.5 Å². The Balaban J connectivity index is 1.82. The first-order valence-corrected chi connectivity index (χ1v) is 6.10. The molecule has 1 fully saturated rings. The lowest BCUT2D eigenvalue weighted by atomic mass is 9.63. The summed E-state index contributed by atoms with van der Waals surface area (Å²) in [6.45, 7) is 2.55. The maximum Gasteiger partial charge on any atom is 0.240 e. The standard InChI is InChI=1S/C12H17N5O/c1-9-5-12(6-9,7-13)11(18)14-4-3-10-16-15-8-17(10)2/h8-9H,3-6H2,1-2H3,(H,14,18). The van der Waals surface area contributed by atoms with Gasteiger partial charge in [-0.05, 0) is 18.8 Å². The second kappa shape index (κ2) is 4.77. The highest BCUT2D eigenvalue weighted by atomic mass is 16.2. The van der Waals surface area contributed by atoms with E-state index < -0.39 is 5.41 Å². The molecule has 1 aliphatic rings. The summed E-state index contributed by atoms with van der Waals surface area (Å²) in [6, 6.07) is 2.15. The van der Waals surface area contributed by atoms with E-state index in [0.29, 0.717) is 31.7 Å². The van der Waals surface area contributed by atoms with Crippen molar-refractivity contribution in [2.45, 2.75) is 26.2 Å². The van der Waals surface area contributed by atoms with Gasteiger partial charge in [-0.25, -0.2) is 0 Å². The lowest BCUT2D eigenvalue weighted by molar-refractivity contribution is -0.133. The topological polar surface area (TPSA) is 83.6 Å². The Hall–Kier alpha value is -1.90. The van der Waals surface area contributed by atoms with Crippen molar-refractivity contribution in [1.82, 2.24) is 20.1 Å². The van der Waals surface area contributed by atoms with Gasteiger partial charge in [0.2, 0.25) is 5.91 Å². The van der Waals surface area contributed by atoms with Gasteiger partial charge in [-0.3, -0.25) is 4.79 Å². The van der Waals surface area contributed by atoms with Gasteiger partial charge in [-0.2, -0.15) is 5.26 Å². The molecular weight excluding hydrogens is 230 g/mol. The molecule has 0 atom stereocenters. The quantitative estimate of drug-likeness (QED) is 0.835. The fourth-order valence-electron chi connectivity index (χ4n) is 2.45. The Morgan fingerprint density at radius 2 is 2.44 bits per heavy atom. The number of amides is 1. The van der Waals surface area contributed by atoms with Crippen LogP contribution in [-0.2, 0) is 18.3 Å². The molecule has 1 heterocycles. The van der Waals surface area contributed by atoms with Crippen LogP contribution in [0.5, 0.6) is 0 Å². The molecule has 2 rings (SSSR count). The molecule has 1 aromatic heterocycles. The van der Waals surface area contributed by atoms with Gasteiger partial charge in [0.05, 0.1) is 6.07 Å². The zero-order valence-electron chi connectivity index (χ0n) is 10.7. The van der Waals surface area contributed by atoms with E-state index >= 15 is 0 Å². The molecule has 96 valence electrons. The highest BCUT2D eigenvalue weighted by Crippen LogP contribution is 2.44. The van der Waals surface area contributed by atoms with Crippen LogP contribution in [0, 0.1) is 22.7 Å². The second-order valence-corrected chi connectivity index (χ2v) is 5.07. The van der Waals surface area contributed by atoms with Gasteiger partial charge in [0, 0.05) is 20.0 Å². The third-order valence-corrected chi connectivity index (χ3v) is 3.48. The van der Waals surface area contributed by atoms with Crippen LogP contribution >= 0.6 is 0 Å². The summed E-state index contributed by atoms with van der Waals surface area (Å²) < 4.78 is 1.82. The van der Waals surface area contributed by atoms with Gasteiger partial charge < -0.3 is 9.88 Å². The fourth-order valence-corrected chi connectivity index (χ4v) is 2.45. The van der Waals surface area contributed by atoms with Crippen LogP contribution in [0.4, 0.5) is 0 Å². The molecule has 6 heteroatoms. The van der Waals surface area contributed by atoms with Crippen LogP contribution in [0.25, 0.3) is 0 Å². The summed E-state index contributed by atoms with van der Waals surface area (Å²) in [5.41, 5.74) is -0.792. The SMILES string of the molecule is CC1CC(C#N)(C(=O)NCCc2nncn2C)C1. The normalized spacial score (nSPS) is 26.2. The first-order valence-electron chi connectivity index (χ1n) is 6.10. The molecule has 0 spiro atoms. The summed E-state index contributed by atoms with van der Waals surface area (Å²) in [5, 5.41) is 19.6. The lowest BCUT2D eigenvalue weighted by Gasteiger charge is -2.39. The largest absolute Gasteiger partial charge is 0.354 e. The molecule has 0 saturated heterocycles. The van der Waals surface area contributed by atoms with E-state index in [-0.39, 0.29) is 5.91 Å². The lowest BCUT2D eigenvalue weighted by Crippen LogP contribution is -2.48. The number of aromatic nitrogens is 3. The van der Waals surface area contributed by atoms with Crippen molar-refractivity contribution in [1.29, 1.82) is 5.26 Å². The third-order valence-electron chi connectivity index (χ3n) is 3.48. The average Bonchev–Trinajstić information content (AvgIpc) is 2.70. The number of hydrogen-bond donors (Lipinski definition) is 1. The van der Waals surface area contributed by atoms with Crippen LogP contribution in [0.15, 0.2) is 6.33 Å². The monoisotopic (exact) mass is 247 g/mol. The Bertz CT molecular complexity index is 481. The van der Waals surface area contributed by atoms with E-state index in [0.717, 1.165) is 5.82 Å². The van der Waals surface area contributed by atoms with Gasteiger partial charge in [0.15, 0.2) is 0 Å². The number of nitriles is 1. The van der Waals surface area contributed by atoms with Crippen molar-refractivity contribution >= 4 is 5.91 Å². The van der Waals surface area contributed by atoms with Crippen LogP contribution in [0.3, 0.4) is 0 Å². The summed E-state index contributed by atoms with van der Waals surface area (Å²) in [7, 11) is 1.86. The van der Waals surface area contributed by atoms with Gasteiger partial charge in [0.1, 0.15) is 17.6 Å². The van der Waals surface area contributed by atoms with Gasteiger partial charge in [-0.1, -0.05) is 6.92 Å². The van der Waals surface area contributed by atoms with Crippen molar-refractivity contribution in [2.24, 2.45) is 18.4 Å². The smallest absolute Gasteiger partial charge is 0.240 e. The first-order chi connectivity index (χ1) is 8.57. The molecule has 0 radical (unpaired) electrons. The van der Waals surface area contributed by atoms with Crippen LogP contribution < -0.4 is 5.32 Å². The Morgan fingerprint density at radius 1 is 1.72 bits per heavy atom. The number of nitrogens with one attached hydrogen (secondary N) is 1. The molecule has 18 heavy (non-hydrogen) atoms. The predicted molar refractivity (Wildman–Crippen MR) is 64.2 cm³/mol. The van der Waals surface area contributed by atoms with Crippen molar-refractivity contribution in [3.05, 3.63) is 12.2 Å². The average molecular weight is 247 g/mol. The van der Waals surface area contributed by atoms with Gasteiger partial charge >= 0.3 is 0 Å². The minimum Gasteiger partial charge on any atom is -0.354 e. The first kappa shape index (κ1) is 12.6. The number of rotatable bonds is 4. The molecule has 0 bridgehead atoms. The van der Waals surface area contributed by atoms with Crippen molar-refractivity contribution in [3.8, 4) is 6.07 Å². The Kier molecular flexibility index (Phi) is 3.32. The van der Waals surface area contributed by atoms with E-state index in [1.807, 2.05) is 11.6 Å². The molecule has 1 N–H and O–H groups in total. The molecule has 6 nitrogen and oxygen atoms in total. The van der Waals surface area contributed by atoms with Gasteiger partial charge in [0.25, 0.3) is 0 Å². The minimum absolute atomic E-state index is 0.148. The number of carbonyl (C=O) groups is 1. The maximum atomic E-state index is 12.0. The maximum absolute atomic E-state index is 12.0. The van der Waals surface area contributed by atoms with E-state index in [9.17, 15) is 4.79 Å². The Morgan fingerprint density at radius 3 is 2.94 bits per heavy atom. The van der Waals surface area contributed by atoms with E-state index in [4.69, 9.17) is 5.26 Å². The molecule has 0 aliphatic heterocycles. The fraction of sp³-hybridized carbons (Fsp3) is 0.667. The van der Waals surface area contributed by atoms with Crippen LogP contribution in [-0.4, -0.2) is 27.2 Å². The van der Waals surface area contributed by atoms with Gasteiger partial charge in [-0.15, -0.1) is 10.2 Å². The summed E-state index contributed by atoms with van der Waals surface area (Å²) >= 11 is 0. The second-order valence-electron chi connectivity index (χ2n) is 5.07. The van der Waals surface area contributed by atoms with E-state index in [1.165, 1.54) is 0 Å². The summed E-state index contributed by atoms with van der Waals surface area (Å²) in [4.78, 5) is 12.0. The zero-order valence-corrected chi connectivity index (χ0v) is 10.7. The molecule has 0 aromatic carbocycles. The number of hydrogen-bond acceptors (Lipinski definition) is 4. The molecule has 1 aliphatic carbocycles. The summed E-state index contributed by atoms with van der Waals surface area (Å²) in [6.07, 6.45) is 3.58. The molecular formula is C12H17N5O. The van der Waals surface area contributed by atoms with E-state index in [1.54, 1.807) is 6.33 Å². The van der Waals surface area contributed by atoms with Crippen molar-refractivity contribution in [3.63, 3.8) is 0 Å². The van der Waals surface area contributed by atoms with Crippen molar-refractivity contribution < 1.29 is 4.79 Å². The third kappa shape index (κ3) is 2.21. The summed E-state index contributed by atoms with van der Waals surface area (Å²) in [5.74, 6) is 1.14. The number of nitrogens with zero attached hydrogens (tertiary/aromatic N) is 4. The zero-order chi connectivity index (χ0) is 13.2. The highest BCUT2D eigenvalue weighted by Gasteiger charge is 2.48. The van der Waals surface area contributed by atoms with Crippen molar-refractivity contribution in [2.75, 3.05) is 6.54 Å². The molecule has 1 amide bonds. The van der Waals surface area contributed by atoms with Crippen LogP contribution in [0.1, 0.15) is 25.6 Å². The Labute approximate surface area is 106 Å². The molecule has 0 unspecified atom stereocenters. The van der Waals surface area contributed by atoms with Crippen LogP contribution in [0.2, 0.25) is 0 Å². The molecule has 1 aromatic rings. The molecule has 1 saturated carbocycles.